The number of amides is 2. The molecule has 116 valence electrons. The van der Waals surface area contributed by atoms with Crippen LogP contribution in [0.2, 0.25) is 0 Å². The number of rotatable bonds is 6. The molecule has 0 saturated carbocycles. The van der Waals surface area contributed by atoms with E-state index in [4.69, 9.17) is 0 Å². The van der Waals surface area contributed by atoms with E-state index in [1.54, 1.807) is 24.3 Å². The predicted octanol–water partition coefficient (Wildman–Crippen LogP) is 3.43. The first-order chi connectivity index (χ1) is 9.82. The summed E-state index contributed by atoms with van der Waals surface area (Å²) in [6.07, 6.45) is 0. The molecule has 0 fully saturated rings. The van der Waals surface area contributed by atoms with Crippen molar-refractivity contribution in [2.24, 2.45) is 11.8 Å². The first-order valence-electron chi connectivity index (χ1n) is 7.15. The van der Waals surface area contributed by atoms with Gasteiger partial charge >= 0.3 is 0 Å². The smallest absolute Gasteiger partial charge is 0.253 e. The topological polar surface area (TPSA) is 58.2 Å². The molecule has 2 amide bonds. The van der Waals surface area contributed by atoms with E-state index < -0.39 is 0 Å². The van der Waals surface area contributed by atoms with Crippen molar-refractivity contribution < 1.29 is 9.59 Å². The third-order valence-corrected chi connectivity index (χ3v) is 4.41. The Morgan fingerprint density at radius 3 is 2.33 bits per heavy atom. The van der Waals surface area contributed by atoms with Crippen LogP contribution in [0.5, 0.6) is 0 Å². The van der Waals surface area contributed by atoms with Crippen molar-refractivity contribution in [3.63, 3.8) is 0 Å². The van der Waals surface area contributed by atoms with Gasteiger partial charge in [-0.1, -0.05) is 55.8 Å². The Labute approximate surface area is 134 Å². The summed E-state index contributed by atoms with van der Waals surface area (Å²) >= 11 is 3.36. The van der Waals surface area contributed by atoms with E-state index in [2.05, 4.69) is 26.6 Å². The highest BCUT2D eigenvalue weighted by molar-refractivity contribution is 9.10. The Bertz CT molecular complexity index is 501. The van der Waals surface area contributed by atoms with Gasteiger partial charge in [0.1, 0.15) is 0 Å². The van der Waals surface area contributed by atoms with Gasteiger partial charge in [0.25, 0.3) is 5.91 Å². The SMILES string of the molecule is CC(C)CNC(=O)c1ccccc1NC(=O)C(Br)C(C)C. The summed E-state index contributed by atoms with van der Waals surface area (Å²) in [6, 6.07) is 7.04. The molecule has 21 heavy (non-hydrogen) atoms. The second-order valence-corrected chi connectivity index (χ2v) is 6.77. The number of halogens is 1. The number of carbonyl (C=O) groups is 2. The first kappa shape index (κ1) is 17.7. The van der Waals surface area contributed by atoms with Crippen LogP contribution in [0.3, 0.4) is 0 Å². The average molecular weight is 355 g/mol. The molecule has 0 saturated heterocycles. The molecule has 1 unspecified atom stereocenters. The summed E-state index contributed by atoms with van der Waals surface area (Å²) in [6.45, 7) is 8.59. The molecule has 0 aliphatic carbocycles. The Kier molecular flexibility index (Phi) is 6.89. The Morgan fingerprint density at radius 1 is 1.14 bits per heavy atom. The van der Waals surface area contributed by atoms with Crippen LogP contribution in [0.25, 0.3) is 0 Å². The molecule has 0 bridgehead atoms. The van der Waals surface area contributed by atoms with Crippen molar-refractivity contribution in [2.75, 3.05) is 11.9 Å². The minimum absolute atomic E-state index is 0.144. The quantitative estimate of drug-likeness (QED) is 0.768. The molecule has 4 nitrogen and oxygen atoms in total. The number of carbonyl (C=O) groups excluding carboxylic acids is 2. The zero-order chi connectivity index (χ0) is 16.0. The fourth-order valence-electron chi connectivity index (χ4n) is 1.69. The molecule has 1 rings (SSSR count). The van der Waals surface area contributed by atoms with Crippen LogP contribution in [0.4, 0.5) is 5.69 Å². The average Bonchev–Trinajstić information content (AvgIpc) is 2.44. The number of nitrogens with one attached hydrogen (secondary N) is 2. The third kappa shape index (κ3) is 5.50. The van der Waals surface area contributed by atoms with Gasteiger partial charge in [0.2, 0.25) is 5.91 Å². The molecule has 1 aromatic carbocycles. The normalized spacial score (nSPS) is 12.3. The summed E-state index contributed by atoms with van der Waals surface area (Å²) in [5.41, 5.74) is 1.02. The van der Waals surface area contributed by atoms with Crippen LogP contribution in [-0.4, -0.2) is 23.2 Å². The van der Waals surface area contributed by atoms with E-state index in [-0.39, 0.29) is 22.6 Å². The van der Waals surface area contributed by atoms with E-state index in [1.807, 2.05) is 27.7 Å². The van der Waals surface area contributed by atoms with Gasteiger partial charge in [-0.2, -0.15) is 0 Å². The lowest BCUT2D eigenvalue weighted by Gasteiger charge is -2.16. The maximum Gasteiger partial charge on any atom is 0.253 e. The van der Waals surface area contributed by atoms with Crippen molar-refractivity contribution in [2.45, 2.75) is 32.5 Å². The van der Waals surface area contributed by atoms with Crippen molar-refractivity contribution in [3.8, 4) is 0 Å². The second kappa shape index (κ2) is 8.17. The summed E-state index contributed by atoms with van der Waals surface area (Å²) in [5, 5.41) is 5.68. The highest BCUT2D eigenvalue weighted by Gasteiger charge is 2.20. The molecular formula is C16H23BrN2O2. The molecule has 0 aromatic heterocycles. The van der Waals surface area contributed by atoms with Gasteiger partial charge in [0, 0.05) is 6.54 Å². The van der Waals surface area contributed by atoms with E-state index >= 15 is 0 Å². The molecular weight excluding hydrogens is 332 g/mol. The van der Waals surface area contributed by atoms with Crippen LogP contribution < -0.4 is 10.6 Å². The maximum absolute atomic E-state index is 12.2. The minimum atomic E-state index is -0.288. The fourth-order valence-corrected chi connectivity index (χ4v) is 1.80. The lowest BCUT2D eigenvalue weighted by Crippen LogP contribution is -2.30. The molecule has 0 radical (unpaired) electrons. The molecule has 1 atom stereocenters. The maximum atomic E-state index is 12.2. The Morgan fingerprint density at radius 2 is 1.76 bits per heavy atom. The van der Waals surface area contributed by atoms with E-state index in [0.29, 0.717) is 23.7 Å². The van der Waals surface area contributed by atoms with Crippen molar-refractivity contribution >= 4 is 33.4 Å². The zero-order valence-corrected chi connectivity index (χ0v) is 14.5. The van der Waals surface area contributed by atoms with Crippen LogP contribution >= 0.6 is 15.9 Å². The van der Waals surface area contributed by atoms with Gasteiger partial charge in [0.05, 0.1) is 16.1 Å². The molecule has 2 N–H and O–H groups in total. The number of alkyl halides is 1. The lowest BCUT2D eigenvalue weighted by atomic mass is 10.1. The molecule has 0 spiro atoms. The second-order valence-electron chi connectivity index (χ2n) is 5.78. The van der Waals surface area contributed by atoms with Crippen molar-refractivity contribution in [1.82, 2.24) is 5.32 Å². The molecule has 1 aromatic rings. The van der Waals surface area contributed by atoms with Gasteiger partial charge in [-0.15, -0.1) is 0 Å². The predicted molar refractivity (Wildman–Crippen MR) is 89.8 cm³/mol. The number of hydrogen-bond acceptors (Lipinski definition) is 2. The number of hydrogen-bond donors (Lipinski definition) is 2. The van der Waals surface area contributed by atoms with E-state index in [0.717, 1.165) is 0 Å². The first-order valence-corrected chi connectivity index (χ1v) is 8.06. The van der Waals surface area contributed by atoms with E-state index in [9.17, 15) is 9.59 Å². The van der Waals surface area contributed by atoms with E-state index in [1.165, 1.54) is 0 Å². The van der Waals surface area contributed by atoms with Gasteiger partial charge in [-0.05, 0) is 24.0 Å². The van der Waals surface area contributed by atoms with Crippen LogP contribution in [0.1, 0.15) is 38.1 Å². The highest BCUT2D eigenvalue weighted by atomic mass is 79.9. The number of anilines is 1. The van der Waals surface area contributed by atoms with Gasteiger partial charge in [0.15, 0.2) is 0 Å². The summed E-state index contributed by atoms with van der Waals surface area (Å²) in [4.78, 5) is 24.0. The number of para-hydroxylation sites is 1. The molecule has 5 heteroatoms. The minimum Gasteiger partial charge on any atom is -0.352 e. The number of benzene rings is 1. The molecule has 0 aliphatic heterocycles. The third-order valence-electron chi connectivity index (χ3n) is 2.94. The summed E-state index contributed by atoms with van der Waals surface area (Å²) < 4.78 is 0. The van der Waals surface area contributed by atoms with Crippen LogP contribution in [0, 0.1) is 11.8 Å². The summed E-state index contributed by atoms with van der Waals surface area (Å²) in [5.74, 6) is 0.236. The van der Waals surface area contributed by atoms with Gasteiger partial charge in [-0.3, -0.25) is 9.59 Å². The molecule has 0 aliphatic rings. The van der Waals surface area contributed by atoms with Crippen molar-refractivity contribution in [3.05, 3.63) is 29.8 Å². The molecule has 0 heterocycles. The van der Waals surface area contributed by atoms with Crippen molar-refractivity contribution in [1.29, 1.82) is 0 Å². The zero-order valence-electron chi connectivity index (χ0n) is 12.9. The lowest BCUT2D eigenvalue weighted by molar-refractivity contribution is -0.116. The van der Waals surface area contributed by atoms with Gasteiger partial charge in [-0.25, -0.2) is 0 Å². The standard InChI is InChI=1S/C16H23BrN2O2/c1-10(2)9-18-15(20)12-7-5-6-8-13(12)19-16(21)14(17)11(3)4/h5-8,10-11,14H,9H2,1-4H3,(H,18,20)(H,19,21). The van der Waals surface area contributed by atoms with Crippen LogP contribution in [0.15, 0.2) is 24.3 Å². The summed E-state index contributed by atoms with van der Waals surface area (Å²) in [7, 11) is 0. The van der Waals surface area contributed by atoms with Gasteiger partial charge < -0.3 is 10.6 Å². The Hall–Kier alpha value is -1.36. The Balaban J connectivity index is 2.84. The highest BCUT2D eigenvalue weighted by Crippen LogP contribution is 2.19. The largest absolute Gasteiger partial charge is 0.352 e. The monoisotopic (exact) mass is 354 g/mol. The fraction of sp³-hybridized carbons (Fsp3) is 0.500. The van der Waals surface area contributed by atoms with Crippen LogP contribution in [-0.2, 0) is 4.79 Å².